The van der Waals surface area contributed by atoms with Crippen LogP contribution in [0.3, 0.4) is 0 Å². The summed E-state index contributed by atoms with van der Waals surface area (Å²) < 4.78 is 0. The highest BCUT2D eigenvalue weighted by Gasteiger charge is 2.16. The summed E-state index contributed by atoms with van der Waals surface area (Å²) in [5.74, 6) is 2.81. The Morgan fingerprint density at radius 3 is 2.71 bits per heavy atom. The van der Waals surface area contributed by atoms with Crippen molar-refractivity contribution in [2.75, 3.05) is 17.2 Å². The van der Waals surface area contributed by atoms with Gasteiger partial charge in [0.1, 0.15) is 0 Å². The highest BCUT2D eigenvalue weighted by Crippen LogP contribution is 2.30. The fraction of sp³-hybridized carbons (Fsp3) is 0.571. The van der Waals surface area contributed by atoms with Crippen LogP contribution in [0.4, 0.5) is 5.69 Å². The van der Waals surface area contributed by atoms with E-state index in [9.17, 15) is 5.11 Å². The molecule has 0 radical (unpaired) electrons. The van der Waals surface area contributed by atoms with E-state index in [-0.39, 0.29) is 0 Å². The van der Waals surface area contributed by atoms with Gasteiger partial charge in [0.05, 0.1) is 6.10 Å². The molecule has 0 saturated heterocycles. The van der Waals surface area contributed by atoms with E-state index >= 15 is 0 Å². The van der Waals surface area contributed by atoms with Crippen molar-refractivity contribution < 1.29 is 5.11 Å². The number of hydrogen-bond donors (Lipinski definition) is 2. The minimum atomic E-state index is -0.428. The number of rotatable bonds is 5. The molecule has 0 bridgehead atoms. The Labute approximate surface area is 108 Å². The molecule has 1 aromatic carbocycles. The standard InChI is InChI=1S/C14H21NOS/c15-13-8-4-3-7-12(13)14(16)10-17-9-11-5-1-2-6-11/h3-4,7-8,11,14,16H,1-2,5-6,9-10,15H2. The van der Waals surface area contributed by atoms with Gasteiger partial charge in [-0.25, -0.2) is 0 Å². The number of para-hydroxylation sites is 1. The zero-order chi connectivity index (χ0) is 12.1. The summed E-state index contributed by atoms with van der Waals surface area (Å²) >= 11 is 1.86. The molecule has 1 atom stereocenters. The average Bonchev–Trinajstić information content (AvgIpc) is 2.82. The fourth-order valence-corrected chi connectivity index (χ4v) is 3.63. The van der Waals surface area contributed by atoms with Crippen molar-refractivity contribution in [1.82, 2.24) is 0 Å². The van der Waals surface area contributed by atoms with Crippen LogP contribution in [0.1, 0.15) is 37.4 Å². The van der Waals surface area contributed by atoms with Gasteiger partial charge >= 0.3 is 0 Å². The molecule has 0 heterocycles. The van der Waals surface area contributed by atoms with Crippen molar-refractivity contribution >= 4 is 17.4 Å². The van der Waals surface area contributed by atoms with Crippen LogP contribution in [0, 0.1) is 5.92 Å². The molecule has 1 fully saturated rings. The first kappa shape index (κ1) is 12.8. The van der Waals surface area contributed by atoms with E-state index in [0.29, 0.717) is 5.69 Å². The second-order valence-corrected chi connectivity index (χ2v) is 5.91. The van der Waals surface area contributed by atoms with E-state index in [0.717, 1.165) is 17.2 Å². The summed E-state index contributed by atoms with van der Waals surface area (Å²) in [4.78, 5) is 0. The summed E-state index contributed by atoms with van der Waals surface area (Å²) in [5, 5.41) is 10.1. The van der Waals surface area contributed by atoms with Crippen molar-refractivity contribution in [2.24, 2.45) is 5.92 Å². The van der Waals surface area contributed by atoms with Crippen LogP contribution >= 0.6 is 11.8 Å². The first-order valence-corrected chi connectivity index (χ1v) is 7.53. The largest absolute Gasteiger partial charge is 0.398 e. The van der Waals surface area contributed by atoms with Crippen molar-refractivity contribution in [3.63, 3.8) is 0 Å². The monoisotopic (exact) mass is 251 g/mol. The SMILES string of the molecule is Nc1ccccc1C(O)CSCC1CCCC1. The zero-order valence-electron chi connectivity index (χ0n) is 10.1. The molecule has 1 unspecified atom stereocenters. The first-order chi connectivity index (χ1) is 8.27. The Bertz CT molecular complexity index is 350. The van der Waals surface area contributed by atoms with Crippen molar-refractivity contribution in [3.05, 3.63) is 29.8 Å². The van der Waals surface area contributed by atoms with Crippen LogP contribution in [0.15, 0.2) is 24.3 Å². The zero-order valence-corrected chi connectivity index (χ0v) is 11.0. The molecule has 3 heteroatoms. The highest BCUT2D eigenvalue weighted by atomic mass is 32.2. The Hall–Kier alpha value is -0.670. The number of aliphatic hydroxyl groups is 1. The lowest BCUT2D eigenvalue weighted by atomic mass is 10.1. The number of aliphatic hydroxyl groups excluding tert-OH is 1. The summed E-state index contributed by atoms with van der Waals surface area (Å²) in [6.07, 6.45) is 5.09. The van der Waals surface area contributed by atoms with Gasteiger partial charge in [0.2, 0.25) is 0 Å². The van der Waals surface area contributed by atoms with Gasteiger partial charge in [-0.1, -0.05) is 31.0 Å². The lowest BCUT2D eigenvalue weighted by Crippen LogP contribution is -2.06. The van der Waals surface area contributed by atoms with Gasteiger partial charge in [-0.3, -0.25) is 0 Å². The molecule has 2 rings (SSSR count). The summed E-state index contributed by atoms with van der Waals surface area (Å²) in [7, 11) is 0. The molecular formula is C14H21NOS. The van der Waals surface area contributed by atoms with Gasteiger partial charge in [-0.2, -0.15) is 11.8 Å². The Morgan fingerprint density at radius 2 is 2.00 bits per heavy atom. The maximum absolute atomic E-state index is 10.1. The molecule has 94 valence electrons. The highest BCUT2D eigenvalue weighted by molar-refractivity contribution is 7.99. The lowest BCUT2D eigenvalue weighted by molar-refractivity contribution is 0.205. The van der Waals surface area contributed by atoms with Crippen LogP contribution in [0.25, 0.3) is 0 Å². The molecule has 3 N–H and O–H groups in total. The molecular weight excluding hydrogens is 230 g/mol. The van der Waals surface area contributed by atoms with Crippen molar-refractivity contribution in [1.29, 1.82) is 0 Å². The van der Waals surface area contributed by atoms with Crippen LogP contribution in [-0.2, 0) is 0 Å². The number of nitrogens with two attached hydrogens (primary N) is 1. The lowest BCUT2D eigenvalue weighted by Gasteiger charge is -2.14. The predicted octanol–water partition coefficient (Wildman–Crippen LogP) is 3.23. The molecule has 17 heavy (non-hydrogen) atoms. The molecule has 1 aromatic rings. The smallest absolute Gasteiger partial charge is 0.0900 e. The average molecular weight is 251 g/mol. The third-order valence-corrected chi connectivity index (χ3v) is 4.72. The number of nitrogen functional groups attached to an aromatic ring is 1. The van der Waals surface area contributed by atoms with Gasteiger partial charge in [0, 0.05) is 17.0 Å². The summed E-state index contributed by atoms with van der Waals surface area (Å²) in [5.41, 5.74) is 7.41. The van der Waals surface area contributed by atoms with Crippen LogP contribution < -0.4 is 5.73 Å². The Kier molecular flexibility index (Phi) is 4.75. The van der Waals surface area contributed by atoms with E-state index in [4.69, 9.17) is 5.73 Å². The van der Waals surface area contributed by atoms with E-state index in [1.807, 2.05) is 36.0 Å². The second-order valence-electron chi connectivity index (χ2n) is 4.83. The molecule has 2 nitrogen and oxygen atoms in total. The Morgan fingerprint density at radius 1 is 1.29 bits per heavy atom. The van der Waals surface area contributed by atoms with Crippen LogP contribution in [0.5, 0.6) is 0 Å². The van der Waals surface area contributed by atoms with E-state index in [2.05, 4.69) is 0 Å². The van der Waals surface area contributed by atoms with Gasteiger partial charge in [-0.15, -0.1) is 0 Å². The van der Waals surface area contributed by atoms with E-state index in [1.165, 1.54) is 31.4 Å². The summed E-state index contributed by atoms with van der Waals surface area (Å²) in [6, 6.07) is 7.59. The molecule has 0 spiro atoms. The quantitative estimate of drug-likeness (QED) is 0.790. The maximum atomic E-state index is 10.1. The third kappa shape index (κ3) is 3.65. The third-order valence-electron chi connectivity index (χ3n) is 3.46. The first-order valence-electron chi connectivity index (χ1n) is 6.37. The number of hydrogen-bond acceptors (Lipinski definition) is 3. The molecule has 0 amide bonds. The number of anilines is 1. The van der Waals surface area contributed by atoms with Gasteiger partial charge in [0.25, 0.3) is 0 Å². The molecule has 1 aliphatic carbocycles. The molecule has 1 saturated carbocycles. The van der Waals surface area contributed by atoms with Crippen molar-refractivity contribution in [2.45, 2.75) is 31.8 Å². The maximum Gasteiger partial charge on any atom is 0.0900 e. The van der Waals surface area contributed by atoms with Crippen LogP contribution in [0.2, 0.25) is 0 Å². The predicted molar refractivity (Wildman–Crippen MR) is 75.1 cm³/mol. The van der Waals surface area contributed by atoms with Gasteiger partial charge < -0.3 is 10.8 Å². The fourth-order valence-electron chi connectivity index (χ4n) is 2.43. The number of thioether (sulfide) groups is 1. The summed E-state index contributed by atoms with van der Waals surface area (Å²) in [6.45, 7) is 0. The Balaban J connectivity index is 1.77. The topological polar surface area (TPSA) is 46.2 Å². The molecule has 0 aliphatic heterocycles. The minimum Gasteiger partial charge on any atom is -0.398 e. The number of benzene rings is 1. The second kappa shape index (κ2) is 6.31. The molecule has 1 aliphatic rings. The minimum absolute atomic E-state index is 0.428. The van der Waals surface area contributed by atoms with Crippen molar-refractivity contribution in [3.8, 4) is 0 Å². The van der Waals surface area contributed by atoms with Crippen LogP contribution in [-0.4, -0.2) is 16.6 Å². The van der Waals surface area contributed by atoms with E-state index in [1.54, 1.807) is 0 Å². The normalized spacial score (nSPS) is 18.4. The molecule has 0 aromatic heterocycles. The van der Waals surface area contributed by atoms with Gasteiger partial charge in [0.15, 0.2) is 0 Å². The van der Waals surface area contributed by atoms with E-state index < -0.39 is 6.10 Å². The van der Waals surface area contributed by atoms with Gasteiger partial charge in [-0.05, 0) is 30.6 Å².